The highest BCUT2D eigenvalue weighted by atomic mass is 16.5. The second-order valence-corrected chi connectivity index (χ2v) is 6.68. The number of hydrogen-bond donors (Lipinski definition) is 0. The van der Waals surface area contributed by atoms with Crippen LogP contribution in [-0.2, 0) is 11.2 Å². The number of methoxy groups -OCH3 is 1. The molecule has 0 radical (unpaired) electrons. The number of benzene rings is 1. The number of rotatable bonds is 4. The zero-order chi connectivity index (χ0) is 15.0. The smallest absolute Gasteiger partial charge is 0.140 e. The molecule has 2 saturated heterocycles. The monoisotopic (exact) mass is 287 g/mol. The van der Waals surface area contributed by atoms with Crippen molar-refractivity contribution < 1.29 is 9.53 Å². The molecule has 2 fully saturated rings. The molecule has 0 aromatic heterocycles. The Morgan fingerprint density at radius 3 is 2.57 bits per heavy atom. The fourth-order valence-electron chi connectivity index (χ4n) is 4.05. The molecule has 2 aliphatic rings. The lowest BCUT2D eigenvalue weighted by Crippen LogP contribution is -2.42. The molecule has 3 rings (SSSR count). The van der Waals surface area contributed by atoms with E-state index in [1.165, 1.54) is 18.4 Å². The van der Waals surface area contributed by atoms with Gasteiger partial charge in [0.1, 0.15) is 11.5 Å². The average Bonchev–Trinajstić information content (AvgIpc) is 2.69. The SMILES string of the molecule is COc1ccc(C)cc1CC(=O)C1CC2CCC(C1)N2C. The molecular formula is C18H25NO2. The van der Waals surface area contributed by atoms with Gasteiger partial charge in [-0.3, -0.25) is 4.79 Å². The molecule has 0 aliphatic carbocycles. The van der Waals surface area contributed by atoms with Crippen LogP contribution in [0.2, 0.25) is 0 Å². The van der Waals surface area contributed by atoms with Crippen LogP contribution in [0.4, 0.5) is 0 Å². The van der Waals surface area contributed by atoms with E-state index >= 15 is 0 Å². The van der Waals surface area contributed by atoms with Crippen molar-refractivity contribution in [2.75, 3.05) is 14.2 Å². The molecule has 1 aromatic rings. The van der Waals surface area contributed by atoms with Gasteiger partial charge in [0.25, 0.3) is 0 Å². The molecule has 2 atom stereocenters. The molecular weight excluding hydrogens is 262 g/mol. The zero-order valence-corrected chi connectivity index (χ0v) is 13.3. The maximum Gasteiger partial charge on any atom is 0.140 e. The summed E-state index contributed by atoms with van der Waals surface area (Å²) in [5.74, 6) is 1.47. The van der Waals surface area contributed by atoms with Crippen molar-refractivity contribution >= 4 is 5.78 Å². The van der Waals surface area contributed by atoms with Crippen LogP contribution in [0.1, 0.15) is 36.8 Å². The van der Waals surface area contributed by atoms with E-state index in [0.29, 0.717) is 24.3 Å². The Hall–Kier alpha value is -1.35. The molecule has 2 bridgehead atoms. The van der Waals surface area contributed by atoms with Gasteiger partial charge in [0.05, 0.1) is 7.11 Å². The molecule has 2 aliphatic heterocycles. The third-order valence-corrected chi connectivity index (χ3v) is 5.35. The van der Waals surface area contributed by atoms with Crippen LogP contribution in [0.5, 0.6) is 5.75 Å². The summed E-state index contributed by atoms with van der Waals surface area (Å²) in [6, 6.07) is 7.33. The third kappa shape index (κ3) is 2.84. The van der Waals surface area contributed by atoms with Gasteiger partial charge in [0.2, 0.25) is 0 Å². The standard InChI is InChI=1S/C18H25NO2/c1-12-4-7-18(21-3)14(8-12)11-17(20)13-9-15-5-6-16(10-13)19(15)2/h4,7-8,13,15-16H,5-6,9-11H2,1-3H3. The van der Waals surface area contributed by atoms with E-state index in [2.05, 4.69) is 24.9 Å². The van der Waals surface area contributed by atoms with Crippen LogP contribution in [0, 0.1) is 12.8 Å². The Kier molecular flexibility index (Phi) is 4.03. The summed E-state index contributed by atoms with van der Waals surface area (Å²) in [5, 5.41) is 0. The van der Waals surface area contributed by atoms with Gasteiger partial charge in [-0.05, 0) is 45.7 Å². The Morgan fingerprint density at radius 2 is 1.95 bits per heavy atom. The maximum absolute atomic E-state index is 12.7. The number of carbonyl (C=O) groups excluding carboxylic acids is 1. The van der Waals surface area contributed by atoms with Gasteiger partial charge in [-0.2, -0.15) is 0 Å². The predicted octanol–water partition coefficient (Wildman–Crippen LogP) is 2.99. The number of ether oxygens (including phenoxy) is 1. The summed E-state index contributed by atoms with van der Waals surface area (Å²) in [7, 11) is 3.89. The molecule has 0 spiro atoms. The van der Waals surface area contributed by atoms with Crippen molar-refractivity contribution in [3.8, 4) is 5.75 Å². The summed E-state index contributed by atoms with van der Waals surface area (Å²) in [4.78, 5) is 15.2. The van der Waals surface area contributed by atoms with Crippen molar-refractivity contribution in [3.63, 3.8) is 0 Å². The predicted molar refractivity (Wildman–Crippen MR) is 83.7 cm³/mol. The fourth-order valence-corrected chi connectivity index (χ4v) is 4.05. The molecule has 0 N–H and O–H groups in total. The Bertz CT molecular complexity index is 526. The van der Waals surface area contributed by atoms with Gasteiger partial charge in [-0.25, -0.2) is 0 Å². The lowest BCUT2D eigenvalue weighted by Gasteiger charge is -2.35. The van der Waals surface area contributed by atoms with Crippen molar-refractivity contribution in [3.05, 3.63) is 29.3 Å². The fraction of sp³-hybridized carbons (Fsp3) is 0.611. The molecule has 0 amide bonds. The number of hydrogen-bond acceptors (Lipinski definition) is 3. The van der Waals surface area contributed by atoms with E-state index in [4.69, 9.17) is 4.74 Å². The molecule has 0 saturated carbocycles. The first-order valence-corrected chi connectivity index (χ1v) is 7.96. The van der Waals surface area contributed by atoms with Crippen LogP contribution < -0.4 is 4.74 Å². The van der Waals surface area contributed by atoms with E-state index in [1.54, 1.807) is 7.11 Å². The summed E-state index contributed by atoms with van der Waals surface area (Å²) < 4.78 is 5.40. The van der Waals surface area contributed by atoms with Crippen LogP contribution >= 0.6 is 0 Å². The van der Waals surface area contributed by atoms with Crippen LogP contribution in [-0.4, -0.2) is 36.9 Å². The third-order valence-electron chi connectivity index (χ3n) is 5.35. The summed E-state index contributed by atoms with van der Waals surface area (Å²) in [6.45, 7) is 2.06. The first kappa shape index (κ1) is 14.6. The summed E-state index contributed by atoms with van der Waals surface area (Å²) in [5.41, 5.74) is 2.22. The molecule has 3 heteroatoms. The normalized spacial score (nSPS) is 28.6. The van der Waals surface area contributed by atoms with Crippen LogP contribution in [0.3, 0.4) is 0 Å². The summed E-state index contributed by atoms with van der Waals surface area (Å²) >= 11 is 0. The second-order valence-electron chi connectivity index (χ2n) is 6.68. The molecule has 2 unspecified atom stereocenters. The van der Waals surface area contributed by atoms with E-state index < -0.39 is 0 Å². The molecule has 114 valence electrons. The van der Waals surface area contributed by atoms with E-state index in [9.17, 15) is 4.79 Å². The van der Waals surface area contributed by atoms with Crippen molar-refractivity contribution in [2.45, 2.75) is 51.1 Å². The van der Waals surface area contributed by atoms with Crippen molar-refractivity contribution in [2.24, 2.45) is 5.92 Å². The van der Waals surface area contributed by atoms with Crippen molar-refractivity contribution in [1.29, 1.82) is 0 Å². The van der Waals surface area contributed by atoms with Gasteiger partial charge in [0, 0.05) is 30.0 Å². The van der Waals surface area contributed by atoms with Gasteiger partial charge in [-0.1, -0.05) is 17.7 Å². The highest BCUT2D eigenvalue weighted by Gasteiger charge is 2.40. The highest BCUT2D eigenvalue weighted by molar-refractivity contribution is 5.84. The van der Waals surface area contributed by atoms with E-state index in [-0.39, 0.29) is 5.92 Å². The first-order valence-electron chi connectivity index (χ1n) is 7.96. The largest absolute Gasteiger partial charge is 0.496 e. The maximum atomic E-state index is 12.7. The minimum Gasteiger partial charge on any atom is -0.496 e. The Balaban J connectivity index is 1.71. The number of Topliss-reactive ketones (excluding diaryl/α,β-unsaturated/α-hetero) is 1. The molecule has 2 heterocycles. The Morgan fingerprint density at radius 1 is 1.29 bits per heavy atom. The number of carbonyl (C=O) groups is 1. The van der Waals surface area contributed by atoms with Crippen LogP contribution in [0.25, 0.3) is 0 Å². The number of nitrogens with zero attached hydrogens (tertiary/aromatic N) is 1. The minimum absolute atomic E-state index is 0.240. The lowest BCUT2D eigenvalue weighted by atomic mass is 9.85. The minimum atomic E-state index is 0.240. The second kappa shape index (κ2) is 5.80. The highest BCUT2D eigenvalue weighted by Crippen LogP contribution is 2.38. The molecule has 21 heavy (non-hydrogen) atoms. The topological polar surface area (TPSA) is 29.5 Å². The van der Waals surface area contributed by atoms with Gasteiger partial charge >= 0.3 is 0 Å². The van der Waals surface area contributed by atoms with Gasteiger partial charge in [-0.15, -0.1) is 0 Å². The number of aryl methyl sites for hydroxylation is 1. The van der Waals surface area contributed by atoms with Gasteiger partial charge in [0.15, 0.2) is 0 Å². The van der Waals surface area contributed by atoms with Crippen LogP contribution in [0.15, 0.2) is 18.2 Å². The Labute approximate surface area is 127 Å². The van der Waals surface area contributed by atoms with Gasteiger partial charge < -0.3 is 9.64 Å². The van der Waals surface area contributed by atoms with Crippen molar-refractivity contribution in [1.82, 2.24) is 4.90 Å². The average molecular weight is 287 g/mol. The molecule has 3 nitrogen and oxygen atoms in total. The number of fused-ring (bicyclic) bond motifs is 2. The quantitative estimate of drug-likeness (QED) is 0.852. The lowest BCUT2D eigenvalue weighted by molar-refractivity contribution is -0.124. The summed E-state index contributed by atoms with van der Waals surface area (Å²) in [6.07, 6.45) is 5.12. The zero-order valence-electron chi connectivity index (χ0n) is 13.3. The number of ketones is 1. The molecule has 1 aromatic carbocycles. The van der Waals surface area contributed by atoms with E-state index in [0.717, 1.165) is 24.2 Å². The van der Waals surface area contributed by atoms with E-state index in [1.807, 2.05) is 12.1 Å². The number of piperidine rings is 1. The first-order chi connectivity index (χ1) is 10.1.